The number of carbonyl (C=O) groups excluding carboxylic acids is 1. The molecule has 0 unspecified atom stereocenters. The highest BCUT2D eigenvalue weighted by Crippen LogP contribution is 2.29. The van der Waals surface area contributed by atoms with Crippen molar-refractivity contribution in [3.05, 3.63) is 53.6 Å². The van der Waals surface area contributed by atoms with Crippen molar-refractivity contribution in [1.29, 1.82) is 0 Å². The van der Waals surface area contributed by atoms with Gasteiger partial charge in [0.25, 0.3) is 5.91 Å². The van der Waals surface area contributed by atoms with Crippen LogP contribution < -0.4 is 19.5 Å². The van der Waals surface area contributed by atoms with E-state index in [1.54, 1.807) is 36.4 Å². The van der Waals surface area contributed by atoms with Gasteiger partial charge < -0.3 is 24.6 Å². The van der Waals surface area contributed by atoms with E-state index >= 15 is 0 Å². The number of rotatable bonds is 9. The van der Waals surface area contributed by atoms with Crippen molar-refractivity contribution in [2.24, 2.45) is 0 Å². The molecule has 0 heterocycles. The van der Waals surface area contributed by atoms with Crippen molar-refractivity contribution < 1.29 is 28.9 Å². The topological polar surface area (TPSA) is 94.1 Å². The van der Waals surface area contributed by atoms with E-state index in [4.69, 9.17) is 19.3 Å². The largest absolute Gasteiger partial charge is 0.493 e. The molecule has 0 aliphatic carbocycles. The van der Waals surface area contributed by atoms with Crippen molar-refractivity contribution >= 4 is 11.9 Å². The second-order valence-corrected chi connectivity index (χ2v) is 6.04. The zero-order valence-corrected chi connectivity index (χ0v) is 15.5. The van der Waals surface area contributed by atoms with E-state index in [1.165, 1.54) is 7.11 Å². The van der Waals surface area contributed by atoms with Crippen LogP contribution in [0, 0.1) is 0 Å². The molecule has 144 valence electrons. The molecule has 0 spiro atoms. The van der Waals surface area contributed by atoms with Crippen molar-refractivity contribution in [1.82, 2.24) is 5.32 Å². The number of carboxylic acids is 1. The van der Waals surface area contributed by atoms with Crippen LogP contribution in [0.15, 0.2) is 42.5 Å². The summed E-state index contributed by atoms with van der Waals surface area (Å²) in [7, 11) is 1.52. The minimum atomic E-state index is -1.05. The number of amides is 1. The van der Waals surface area contributed by atoms with Gasteiger partial charge in [-0.2, -0.15) is 0 Å². The van der Waals surface area contributed by atoms with Gasteiger partial charge in [-0.05, 0) is 49.7 Å². The standard InChI is InChI=1S/C20H23NO6/c1-13(2)27-17-8-7-15(10-18(17)25-3)20(24)21-11-14-5-4-6-16(9-14)26-12-19(22)23/h4-10,13H,11-12H2,1-3H3,(H,21,24)(H,22,23). The van der Waals surface area contributed by atoms with Gasteiger partial charge >= 0.3 is 5.97 Å². The maximum atomic E-state index is 12.4. The molecule has 0 aliphatic heterocycles. The monoisotopic (exact) mass is 373 g/mol. The third kappa shape index (κ3) is 6.22. The van der Waals surface area contributed by atoms with E-state index in [2.05, 4.69) is 5.32 Å². The SMILES string of the molecule is COc1cc(C(=O)NCc2cccc(OCC(=O)O)c2)ccc1OC(C)C. The fourth-order valence-electron chi connectivity index (χ4n) is 2.33. The highest BCUT2D eigenvalue weighted by atomic mass is 16.5. The molecule has 0 atom stereocenters. The minimum Gasteiger partial charge on any atom is -0.493 e. The summed E-state index contributed by atoms with van der Waals surface area (Å²) in [5, 5.41) is 11.5. The van der Waals surface area contributed by atoms with Crippen LogP contribution in [0.1, 0.15) is 29.8 Å². The lowest BCUT2D eigenvalue weighted by molar-refractivity contribution is -0.139. The lowest BCUT2D eigenvalue weighted by atomic mass is 10.1. The summed E-state index contributed by atoms with van der Waals surface area (Å²) >= 11 is 0. The van der Waals surface area contributed by atoms with Crippen molar-refractivity contribution in [2.45, 2.75) is 26.5 Å². The number of methoxy groups -OCH3 is 1. The lowest BCUT2D eigenvalue weighted by Gasteiger charge is -2.14. The van der Waals surface area contributed by atoms with Gasteiger partial charge in [0, 0.05) is 12.1 Å². The van der Waals surface area contributed by atoms with Crippen LogP contribution in [-0.4, -0.2) is 36.8 Å². The van der Waals surface area contributed by atoms with Crippen LogP contribution in [-0.2, 0) is 11.3 Å². The Kier molecular flexibility index (Phi) is 7.05. The van der Waals surface area contributed by atoms with E-state index in [0.717, 1.165) is 5.56 Å². The number of hydrogen-bond donors (Lipinski definition) is 2. The predicted molar refractivity (Wildman–Crippen MR) is 99.5 cm³/mol. The second kappa shape index (κ2) is 9.47. The summed E-state index contributed by atoms with van der Waals surface area (Å²) in [6.45, 7) is 3.68. The highest BCUT2D eigenvalue weighted by Gasteiger charge is 2.12. The van der Waals surface area contributed by atoms with E-state index in [-0.39, 0.29) is 18.6 Å². The second-order valence-electron chi connectivity index (χ2n) is 6.04. The van der Waals surface area contributed by atoms with Gasteiger partial charge in [-0.3, -0.25) is 4.79 Å². The molecule has 2 aromatic rings. The highest BCUT2D eigenvalue weighted by molar-refractivity contribution is 5.94. The van der Waals surface area contributed by atoms with Crippen LogP contribution >= 0.6 is 0 Å². The quantitative estimate of drug-likeness (QED) is 0.702. The average Bonchev–Trinajstić information content (AvgIpc) is 2.64. The summed E-state index contributed by atoms with van der Waals surface area (Å²) in [6, 6.07) is 11.9. The van der Waals surface area contributed by atoms with Crippen LogP contribution in [0.25, 0.3) is 0 Å². The molecule has 2 rings (SSSR count). The molecule has 7 heteroatoms. The Hall–Kier alpha value is -3.22. The molecule has 0 bridgehead atoms. The Labute approximate surface area is 157 Å². The number of hydrogen-bond acceptors (Lipinski definition) is 5. The Morgan fingerprint density at radius 2 is 1.89 bits per heavy atom. The summed E-state index contributed by atoms with van der Waals surface area (Å²) in [4.78, 5) is 23.0. The van der Waals surface area contributed by atoms with Crippen LogP contribution in [0.3, 0.4) is 0 Å². The van der Waals surface area contributed by atoms with Gasteiger partial charge in [-0.1, -0.05) is 12.1 Å². The van der Waals surface area contributed by atoms with Crippen LogP contribution in [0.4, 0.5) is 0 Å². The number of benzene rings is 2. The number of carboxylic acid groups (broad SMARTS) is 1. The smallest absolute Gasteiger partial charge is 0.341 e. The normalized spacial score (nSPS) is 10.4. The maximum Gasteiger partial charge on any atom is 0.341 e. The molecule has 7 nitrogen and oxygen atoms in total. The van der Waals surface area contributed by atoms with Gasteiger partial charge in [0.1, 0.15) is 5.75 Å². The molecule has 0 aromatic heterocycles. The Balaban J connectivity index is 2.01. The Morgan fingerprint density at radius 3 is 2.56 bits per heavy atom. The van der Waals surface area contributed by atoms with Gasteiger partial charge in [0.05, 0.1) is 13.2 Å². The number of nitrogens with one attached hydrogen (secondary N) is 1. The van der Waals surface area contributed by atoms with Crippen molar-refractivity contribution in [3.63, 3.8) is 0 Å². The summed E-state index contributed by atoms with van der Waals surface area (Å²) in [6.07, 6.45) is -0.00537. The first kappa shape index (κ1) is 20.1. The average molecular weight is 373 g/mol. The van der Waals surface area contributed by atoms with E-state index < -0.39 is 12.6 Å². The molecular weight excluding hydrogens is 350 g/mol. The van der Waals surface area contributed by atoms with E-state index in [1.807, 2.05) is 19.9 Å². The van der Waals surface area contributed by atoms with E-state index in [9.17, 15) is 9.59 Å². The van der Waals surface area contributed by atoms with Gasteiger partial charge in [0.2, 0.25) is 0 Å². The third-order valence-corrected chi connectivity index (χ3v) is 3.50. The van der Waals surface area contributed by atoms with E-state index in [0.29, 0.717) is 22.8 Å². The summed E-state index contributed by atoms with van der Waals surface area (Å²) in [5.74, 6) is 0.183. The molecule has 2 N–H and O–H groups in total. The number of carbonyl (C=O) groups is 2. The molecule has 0 aliphatic rings. The first-order chi connectivity index (χ1) is 12.9. The summed E-state index contributed by atoms with van der Waals surface area (Å²) < 4.78 is 16.1. The minimum absolute atomic E-state index is 0.00537. The molecule has 0 saturated heterocycles. The first-order valence-corrected chi connectivity index (χ1v) is 8.45. The Bertz CT molecular complexity index is 803. The van der Waals surface area contributed by atoms with Crippen LogP contribution in [0.5, 0.6) is 17.2 Å². The fourth-order valence-corrected chi connectivity index (χ4v) is 2.33. The number of aliphatic carboxylic acids is 1. The maximum absolute atomic E-state index is 12.4. The molecular formula is C20H23NO6. The van der Waals surface area contributed by atoms with Gasteiger partial charge in [0.15, 0.2) is 18.1 Å². The first-order valence-electron chi connectivity index (χ1n) is 8.45. The van der Waals surface area contributed by atoms with Crippen LogP contribution in [0.2, 0.25) is 0 Å². The van der Waals surface area contributed by atoms with Gasteiger partial charge in [-0.15, -0.1) is 0 Å². The molecule has 2 aromatic carbocycles. The Morgan fingerprint density at radius 1 is 1.11 bits per heavy atom. The summed E-state index contributed by atoms with van der Waals surface area (Å²) in [5.41, 5.74) is 1.24. The van der Waals surface area contributed by atoms with Crippen molar-refractivity contribution in [3.8, 4) is 17.2 Å². The molecule has 0 saturated carbocycles. The predicted octanol–water partition coefficient (Wildman–Crippen LogP) is 2.88. The van der Waals surface area contributed by atoms with Crippen molar-refractivity contribution in [2.75, 3.05) is 13.7 Å². The number of ether oxygens (including phenoxy) is 3. The third-order valence-electron chi connectivity index (χ3n) is 3.50. The molecule has 0 radical (unpaired) electrons. The zero-order valence-electron chi connectivity index (χ0n) is 15.5. The molecule has 27 heavy (non-hydrogen) atoms. The fraction of sp³-hybridized carbons (Fsp3) is 0.300. The van der Waals surface area contributed by atoms with Gasteiger partial charge in [-0.25, -0.2) is 4.79 Å². The molecule has 0 fully saturated rings. The zero-order chi connectivity index (χ0) is 19.8. The lowest BCUT2D eigenvalue weighted by Crippen LogP contribution is -2.23. The molecule has 1 amide bonds.